The van der Waals surface area contributed by atoms with Gasteiger partial charge in [0.15, 0.2) is 0 Å². The smallest absolute Gasteiger partial charge is 0.262 e. The number of piperazine rings is 1. The summed E-state index contributed by atoms with van der Waals surface area (Å²) >= 11 is 6.23. The molecule has 3 saturated heterocycles. The van der Waals surface area contributed by atoms with Gasteiger partial charge in [-0.25, -0.2) is 9.97 Å². The summed E-state index contributed by atoms with van der Waals surface area (Å²) in [6.07, 6.45) is 3.11. The first kappa shape index (κ1) is 37.3. The lowest BCUT2D eigenvalue weighted by molar-refractivity contribution is -0.164. The lowest BCUT2D eigenvalue weighted by atomic mass is 9.49. The number of hydrogen-bond donors (Lipinski definition) is 2. The normalized spacial score (nSPS) is 24.5. The number of imide groups is 2. The fourth-order valence-corrected chi connectivity index (χ4v) is 9.46. The van der Waals surface area contributed by atoms with Crippen molar-refractivity contribution in [2.24, 2.45) is 10.8 Å². The zero-order valence-corrected chi connectivity index (χ0v) is 32.3. The van der Waals surface area contributed by atoms with E-state index >= 15 is 0 Å². The van der Waals surface area contributed by atoms with Gasteiger partial charge in [0, 0.05) is 92.8 Å². The van der Waals surface area contributed by atoms with Crippen molar-refractivity contribution >= 4 is 52.8 Å². The number of nitrogens with zero attached hydrogens (tertiary/aromatic N) is 7. The fourth-order valence-electron chi connectivity index (χ4n) is 9.25. The number of nitriles is 1. The van der Waals surface area contributed by atoms with Crippen molar-refractivity contribution in [3.63, 3.8) is 0 Å². The molecule has 0 radical (unpaired) electrons. The van der Waals surface area contributed by atoms with Crippen molar-refractivity contribution in [2.75, 3.05) is 49.1 Å². The Hall–Kier alpha value is -5.59. The Kier molecular flexibility index (Phi) is 9.24. The molecule has 1 aromatic heterocycles. The first-order chi connectivity index (χ1) is 26.7. The number of carbonyl (C=O) groups is 5. The van der Waals surface area contributed by atoms with Gasteiger partial charge in [-0.15, -0.1) is 0 Å². The van der Waals surface area contributed by atoms with Gasteiger partial charge in [0.25, 0.3) is 17.7 Å². The van der Waals surface area contributed by atoms with Crippen LogP contribution in [-0.4, -0.2) is 113 Å². The number of piperidine rings is 1. The summed E-state index contributed by atoms with van der Waals surface area (Å²) in [7, 11) is 0. The van der Waals surface area contributed by atoms with Crippen LogP contribution < -0.4 is 25.2 Å². The standard InChI is InChI=1S/C40H42ClN9O6/c1-39(2)36(40(3,4)37(39)56-26-7-5-22(17-42)29(41)16-26)46-32(52)23-18-43-38(44-19-23)48-13-11-47(12-14-48)25-20-49(21-25)24-6-8-27-28(15-24)35(55)50(34(27)54)30-9-10-31(51)45-33(30)53/h5-8,15-16,18-19,25,30,36-37H,9-14,20-21H2,1-4H3,(H,46,52)(H,45,51,53). The number of benzene rings is 2. The summed E-state index contributed by atoms with van der Waals surface area (Å²) in [6, 6.07) is 11.4. The molecule has 0 bridgehead atoms. The van der Waals surface area contributed by atoms with E-state index in [4.69, 9.17) is 16.3 Å². The highest BCUT2D eigenvalue weighted by atomic mass is 35.5. The Morgan fingerprint density at radius 1 is 0.929 bits per heavy atom. The minimum atomic E-state index is -0.991. The van der Waals surface area contributed by atoms with E-state index in [1.807, 2.05) is 6.07 Å². The van der Waals surface area contributed by atoms with Gasteiger partial charge < -0.3 is 19.9 Å². The van der Waals surface area contributed by atoms with Gasteiger partial charge in [-0.05, 0) is 36.8 Å². The SMILES string of the molecule is CC1(C)C(NC(=O)c2cnc(N3CCN(C4CN(c5ccc6c(c5)C(=O)N(C5CCC(=O)NC5=O)C6=O)C4)CC3)nc2)C(C)(C)C1Oc1ccc(C#N)c(Cl)c1. The topological polar surface area (TPSA) is 181 Å². The van der Waals surface area contributed by atoms with Crippen LogP contribution in [0.2, 0.25) is 5.02 Å². The van der Waals surface area contributed by atoms with Gasteiger partial charge in [-0.2, -0.15) is 5.26 Å². The monoisotopic (exact) mass is 779 g/mol. The summed E-state index contributed by atoms with van der Waals surface area (Å²) in [5.74, 6) is -1.17. The van der Waals surface area contributed by atoms with E-state index in [1.54, 1.807) is 42.7 Å². The van der Waals surface area contributed by atoms with Crippen molar-refractivity contribution < 1.29 is 28.7 Å². The molecular formula is C40H42ClN9O6. The molecule has 16 heteroatoms. The zero-order chi connectivity index (χ0) is 39.7. The van der Waals surface area contributed by atoms with Crippen molar-refractivity contribution in [1.29, 1.82) is 5.26 Å². The second kappa shape index (κ2) is 13.9. The van der Waals surface area contributed by atoms with Crippen LogP contribution in [0.15, 0.2) is 48.8 Å². The quantitative estimate of drug-likeness (QED) is 0.320. The Morgan fingerprint density at radius 3 is 2.25 bits per heavy atom. The second-order valence-corrected chi connectivity index (χ2v) is 16.7. The summed E-state index contributed by atoms with van der Waals surface area (Å²) in [5, 5.41) is 14.9. The van der Waals surface area contributed by atoms with Crippen molar-refractivity contribution in [3.05, 3.63) is 76.1 Å². The Morgan fingerprint density at radius 2 is 1.61 bits per heavy atom. The highest BCUT2D eigenvalue weighted by molar-refractivity contribution is 6.31. The molecule has 2 aromatic carbocycles. The summed E-state index contributed by atoms with van der Waals surface area (Å²) in [5.41, 5.74) is 1.34. The summed E-state index contributed by atoms with van der Waals surface area (Å²) in [6.45, 7) is 12.8. The number of fused-ring (bicyclic) bond motifs is 1. The van der Waals surface area contributed by atoms with Crippen LogP contribution in [0.1, 0.15) is 77.2 Å². The number of rotatable bonds is 8. The molecule has 8 rings (SSSR count). The number of ether oxygens (including phenoxy) is 1. The highest BCUT2D eigenvalue weighted by Gasteiger charge is 2.64. The van der Waals surface area contributed by atoms with Crippen LogP contribution in [0.3, 0.4) is 0 Å². The van der Waals surface area contributed by atoms with Gasteiger partial charge in [0.05, 0.1) is 27.3 Å². The number of carbonyl (C=O) groups excluding carboxylic acids is 5. The second-order valence-electron chi connectivity index (χ2n) is 16.3. The molecule has 15 nitrogen and oxygen atoms in total. The molecule has 3 aromatic rings. The van der Waals surface area contributed by atoms with Crippen LogP contribution in [0.4, 0.5) is 11.6 Å². The predicted octanol–water partition coefficient (Wildman–Crippen LogP) is 3.03. The van der Waals surface area contributed by atoms with E-state index < -0.39 is 40.5 Å². The average Bonchev–Trinajstić information content (AvgIpc) is 3.40. The highest BCUT2D eigenvalue weighted by Crippen LogP contribution is 2.55. The molecule has 1 unspecified atom stereocenters. The van der Waals surface area contributed by atoms with Gasteiger partial charge in [0.2, 0.25) is 17.8 Å². The number of nitrogens with one attached hydrogen (secondary N) is 2. The molecule has 5 amide bonds. The number of amides is 5. The van der Waals surface area contributed by atoms with Crippen LogP contribution in [-0.2, 0) is 9.59 Å². The van der Waals surface area contributed by atoms with E-state index in [9.17, 15) is 29.2 Å². The van der Waals surface area contributed by atoms with Crippen LogP contribution >= 0.6 is 11.6 Å². The Balaban J connectivity index is 0.817. The molecule has 0 spiro atoms. The fraction of sp³-hybridized carbons (Fsp3) is 0.450. The third kappa shape index (κ3) is 6.30. The summed E-state index contributed by atoms with van der Waals surface area (Å²) in [4.78, 5) is 80.6. The third-order valence-electron chi connectivity index (χ3n) is 12.1. The molecule has 4 aliphatic heterocycles. The number of aromatic nitrogens is 2. The molecule has 290 valence electrons. The van der Waals surface area contributed by atoms with E-state index in [-0.39, 0.29) is 42.0 Å². The molecular weight excluding hydrogens is 738 g/mol. The molecule has 1 saturated carbocycles. The molecule has 4 fully saturated rings. The van der Waals surface area contributed by atoms with Crippen molar-refractivity contribution in [3.8, 4) is 11.8 Å². The molecule has 2 N–H and O–H groups in total. The Labute approximate surface area is 328 Å². The number of anilines is 2. The average molecular weight is 780 g/mol. The van der Waals surface area contributed by atoms with Crippen molar-refractivity contribution in [1.82, 2.24) is 30.4 Å². The Bertz CT molecular complexity index is 2170. The van der Waals surface area contributed by atoms with E-state index in [1.165, 1.54) is 0 Å². The molecule has 1 aliphatic carbocycles. The lowest BCUT2D eigenvalue weighted by Gasteiger charge is -2.63. The number of halogens is 1. The third-order valence-corrected chi connectivity index (χ3v) is 12.4. The summed E-state index contributed by atoms with van der Waals surface area (Å²) < 4.78 is 6.35. The van der Waals surface area contributed by atoms with Crippen LogP contribution in [0.5, 0.6) is 5.75 Å². The van der Waals surface area contributed by atoms with E-state index in [0.717, 1.165) is 49.9 Å². The minimum absolute atomic E-state index is 0.0771. The van der Waals surface area contributed by atoms with E-state index in [2.05, 4.69) is 69.1 Å². The molecule has 56 heavy (non-hydrogen) atoms. The maximum absolute atomic E-state index is 13.4. The predicted molar refractivity (Wildman–Crippen MR) is 204 cm³/mol. The van der Waals surface area contributed by atoms with Crippen LogP contribution in [0, 0.1) is 22.2 Å². The number of hydrogen-bond acceptors (Lipinski definition) is 12. The molecule has 1 atom stereocenters. The minimum Gasteiger partial charge on any atom is -0.489 e. The first-order valence-corrected chi connectivity index (χ1v) is 19.1. The van der Waals surface area contributed by atoms with Crippen molar-refractivity contribution in [2.45, 2.75) is 64.8 Å². The van der Waals surface area contributed by atoms with Gasteiger partial charge in [0.1, 0.15) is 24.0 Å². The maximum Gasteiger partial charge on any atom is 0.262 e. The lowest BCUT2D eigenvalue weighted by Crippen LogP contribution is -2.74. The first-order valence-electron chi connectivity index (χ1n) is 18.8. The van der Waals surface area contributed by atoms with Crippen LogP contribution in [0.25, 0.3) is 0 Å². The van der Waals surface area contributed by atoms with Gasteiger partial charge in [-0.1, -0.05) is 39.3 Å². The van der Waals surface area contributed by atoms with Gasteiger partial charge in [-0.3, -0.25) is 39.1 Å². The molecule has 5 heterocycles. The van der Waals surface area contributed by atoms with Gasteiger partial charge >= 0.3 is 0 Å². The maximum atomic E-state index is 13.4. The zero-order valence-electron chi connectivity index (χ0n) is 31.5. The largest absolute Gasteiger partial charge is 0.489 e. The molecule has 5 aliphatic rings. The van der Waals surface area contributed by atoms with E-state index in [0.29, 0.717) is 33.9 Å².